The van der Waals surface area contributed by atoms with Crippen LogP contribution in [-0.4, -0.2) is 27.1 Å². The Morgan fingerprint density at radius 2 is 2.14 bits per heavy atom. The molecule has 6 heteroatoms. The molecule has 0 aromatic carbocycles. The van der Waals surface area contributed by atoms with Crippen molar-refractivity contribution in [3.05, 3.63) is 17.2 Å². The number of rotatable bonds is 1. The van der Waals surface area contributed by atoms with Gasteiger partial charge in [-0.2, -0.15) is 0 Å². The molecule has 0 unspecified atom stereocenters. The van der Waals surface area contributed by atoms with E-state index in [-0.39, 0.29) is 0 Å². The summed E-state index contributed by atoms with van der Waals surface area (Å²) in [5, 5.41) is 17.4. The van der Waals surface area contributed by atoms with E-state index in [2.05, 4.69) is 9.97 Å². The summed E-state index contributed by atoms with van der Waals surface area (Å²) in [7, 11) is -2.10. The largest absolute Gasteiger partial charge is 0.493 e. The number of hydrogen-bond acceptors (Lipinski definition) is 4. The number of nitrogens with zero attached hydrogens (tertiary/aromatic N) is 2. The van der Waals surface area contributed by atoms with E-state index in [1.165, 1.54) is 0 Å². The average molecular weight is 224 g/mol. The molecule has 14 heavy (non-hydrogen) atoms. The lowest BCUT2D eigenvalue weighted by molar-refractivity contribution is 0.425. The van der Waals surface area contributed by atoms with Crippen molar-refractivity contribution in [3.63, 3.8) is 0 Å². The smallest absolute Gasteiger partial charge is 0.423 e. The molecule has 2 N–H and O–H groups in total. The summed E-state index contributed by atoms with van der Waals surface area (Å²) in [6.07, 6.45) is 0.674. The zero-order valence-corrected chi connectivity index (χ0v) is 7.58. The number of aromatic nitrogens is 2. The van der Waals surface area contributed by atoms with Crippen molar-refractivity contribution in [1.82, 2.24) is 9.97 Å². The predicted molar refractivity (Wildman–Crippen MR) is 55.6 cm³/mol. The maximum atomic E-state index is 9.04. The lowest BCUT2D eigenvalue weighted by Crippen LogP contribution is -2.33. The summed E-state index contributed by atoms with van der Waals surface area (Å²) in [5.41, 5.74) is -3.82. The molecule has 1 heterocycles. The monoisotopic (exact) mass is 223 g/mol. The van der Waals surface area contributed by atoms with Gasteiger partial charge in [0.25, 0.3) is 0 Å². The van der Waals surface area contributed by atoms with Crippen molar-refractivity contribution in [2.24, 2.45) is 0 Å². The van der Waals surface area contributed by atoms with E-state index in [1.54, 1.807) is 0 Å². The second kappa shape index (κ2) is 3.84. The van der Waals surface area contributed by atoms with E-state index >= 15 is 0 Å². The fraction of sp³-hybridized carbons (Fsp3) is 0.500. The topological polar surface area (TPSA) is 66.2 Å². The number of hydrogen-bond donors (Lipinski definition) is 2. The van der Waals surface area contributed by atoms with E-state index in [4.69, 9.17) is 34.0 Å². The Morgan fingerprint density at radius 1 is 1.50 bits per heavy atom. The first-order chi connectivity index (χ1) is 10.1. The van der Waals surface area contributed by atoms with E-state index in [1.807, 2.05) is 0 Å². The average Bonchev–Trinajstić information content (AvgIpc) is 2.22. The van der Waals surface area contributed by atoms with Crippen LogP contribution >= 0.6 is 11.6 Å². The maximum Gasteiger partial charge on any atom is 0.493 e. The first-order valence-corrected chi connectivity index (χ1v) is 3.84. The summed E-state index contributed by atoms with van der Waals surface area (Å²) < 4.78 is 67.4. The minimum absolute atomic E-state index is 0.425. The third kappa shape index (κ3) is 2.44. The van der Waals surface area contributed by atoms with Crippen LogP contribution in [0.5, 0.6) is 0 Å². The molecule has 0 aliphatic carbocycles. The molecular weight excluding hydrogens is 202 g/mol. The van der Waals surface area contributed by atoms with Gasteiger partial charge in [0.15, 0.2) is 0 Å². The molecule has 0 radical (unpaired) electrons. The summed E-state index contributed by atoms with van der Waals surface area (Å²) in [5.74, 6) is -1.05. The minimum Gasteiger partial charge on any atom is -0.423 e. The van der Waals surface area contributed by atoms with Gasteiger partial charge in [0.2, 0.25) is 0 Å². The van der Waals surface area contributed by atoms with E-state index < -0.39 is 49.5 Å². The lowest BCUT2D eigenvalue weighted by Gasteiger charge is -2.16. The van der Waals surface area contributed by atoms with Crippen LogP contribution in [0.2, 0.25) is 5.15 Å². The van der Waals surface area contributed by atoms with E-state index in [9.17, 15) is 0 Å². The Labute approximate surface area is 101 Å². The Balaban J connectivity index is 3.83. The molecule has 0 saturated heterocycles. The molecular formula is C8H12BClN2O2. The molecule has 1 aromatic heterocycles. The van der Waals surface area contributed by atoms with Crippen molar-refractivity contribution >= 4 is 24.2 Å². The summed E-state index contributed by atoms with van der Waals surface area (Å²) in [4.78, 5) is 6.86. The molecule has 1 rings (SSSR count). The van der Waals surface area contributed by atoms with Crippen molar-refractivity contribution in [2.75, 3.05) is 0 Å². The molecule has 0 saturated carbocycles. The van der Waals surface area contributed by atoms with E-state index in [0.717, 1.165) is 0 Å². The van der Waals surface area contributed by atoms with Crippen molar-refractivity contribution < 1.29 is 22.4 Å². The molecule has 1 aromatic rings. The van der Waals surface area contributed by atoms with Crippen LogP contribution in [0.1, 0.15) is 38.7 Å². The first-order valence-electron chi connectivity index (χ1n) is 7.96. The summed E-state index contributed by atoms with van der Waals surface area (Å²) >= 11 is 5.66. The Bertz CT molecular complexity index is 550. The normalized spacial score (nSPS) is 23.8. The standard InChI is InChI=1S/C8H12BClN2O2/c1-8(2,3)7-11-4-5(9(13)14)6(10)12-7/h4,13-14H,1-3H3/i1D3,2D3,3D3. The second-order valence-electron chi connectivity index (χ2n) is 2.56. The number of halogens is 1. The molecule has 0 spiro atoms. The first kappa shape index (κ1) is 4.08. The minimum atomic E-state index is -3.52. The van der Waals surface area contributed by atoms with Gasteiger partial charge in [-0.3, -0.25) is 0 Å². The van der Waals surface area contributed by atoms with Gasteiger partial charge in [-0.25, -0.2) is 9.97 Å². The quantitative estimate of drug-likeness (QED) is 0.524. The SMILES string of the molecule is [2H]C([2H])([2H])C(c1ncc(B(O)O)c(Cl)n1)(C([2H])([2H])[2H])C([2H])([2H])[2H]. The fourth-order valence-corrected chi connectivity index (χ4v) is 0.951. The highest BCUT2D eigenvalue weighted by molar-refractivity contribution is 6.62. The van der Waals surface area contributed by atoms with Gasteiger partial charge >= 0.3 is 7.12 Å². The molecule has 76 valence electrons. The zero-order valence-electron chi connectivity index (χ0n) is 15.8. The van der Waals surface area contributed by atoms with Crippen molar-refractivity contribution in [2.45, 2.75) is 26.0 Å². The van der Waals surface area contributed by atoms with Crippen LogP contribution in [-0.2, 0) is 5.41 Å². The zero-order chi connectivity index (χ0) is 18.4. The molecule has 0 amide bonds. The third-order valence-electron chi connectivity index (χ3n) is 1.38. The van der Waals surface area contributed by atoms with Crippen LogP contribution in [0.4, 0.5) is 0 Å². The summed E-state index contributed by atoms with van der Waals surface area (Å²) in [6, 6.07) is 0. The van der Waals surface area contributed by atoms with Crippen LogP contribution in [0, 0.1) is 0 Å². The van der Waals surface area contributed by atoms with Gasteiger partial charge in [0, 0.05) is 29.4 Å². The summed E-state index contributed by atoms with van der Waals surface area (Å²) in [6.45, 7) is -10.6. The lowest BCUT2D eigenvalue weighted by atomic mass is 9.82. The van der Waals surface area contributed by atoms with Crippen LogP contribution in [0.3, 0.4) is 0 Å². The van der Waals surface area contributed by atoms with Gasteiger partial charge in [0.1, 0.15) is 11.0 Å². The van der Waals surface area contributed by atoms with Crippen LogP contribution in [0.15, 0.2) is 6.20 Å². The van der Waals surface area contributed by atoms with Crippen molar-refractivity contribution in [3.8, 4) is 0 Å². The second-order valence-corrected chi connectivity index (χ2v) is 2.92. The van der Waals surface area contributed by atoms with Gasteiger partial charge in [-0.15, -0.1) is 0 Å². The molecule has 0 aliphatic rings. The predicted octanol–water partition coefficient (Wildman–Crippen LogP) is 0.107. The van der Waals surface area contributed by atoms with E-state index in [0.29, 0.717) is 6.20 Å². The van der Waals surface area contributed by atoms with Gasteiger partial charge < -0.3 is 10.0 Å². The highest BCUT2D eigenvalue weighted by Gasteiger charge is 2.22. The molecule has 0 bridgehead atoms. The van der Waals surface area contributed by atoms with Gasteiger partial charge in [0.05, 0.1) is 0 Å². The van der Waals surface area contributed by atoms with Crippen LogP contribution < -0.4 is 5.46 Å². The van der Waals surface area contributed by atoms with Crippen LogP contribution in [0.25, 0.3) is 0 Å². The molecule has 0 aliphatic heterocycles. The highest BCUT2D eigenvalue weighted by Crippen LogP contribution is 2.18. The highest BCUT2D eigenvalue weighted by atomic mass is 35.5. The van der Waals surface area contributed by atoms with Gasteiger partial charge in [-0.05, 0) is 0 Å². The Hall–Kier alpha value is -0.645. The fourth-order valence-electron chi connectivity index (χ4n) is 0.724. The maximum absolute atomic E-state index is 9.04. The third-order valence-corrected chi connectivity index (χ3v) is 1.68. The molecule has 0 fully saturated rings. The molecule has 0 atom stereocenters. The van der Waals surface area contributed by atoms with Crippen molar-refractivity contribution in [1.29, 1.82) is 0 Å². The molecule has 4 nitrogen and oxygen atoms in total. The van der Waals surface area contributed by atoms with Gasteiger partial charge in [-0.1, -0.05) is 32.2 Å². The Kier molecular flexibility index (Phi) is 1.12. The Morgan fingerprint density at radius 3 is 2.57 bits per heavy atom.